The Morgan fingerprint density at radius 1 is 1.15 bits per heavy atom. The van der Waals surface area contributed by atoms with Gasteiger partial charge in [-0.25, -0.2) is 0 Å². The van der Waals surface area contributed by atoms with Crippen molar-refractivity contribution in [3.05, 3.63) is 21.6 Å². The summed E-state index contributed by atoms with van der Waals surface area (Å²) in [6, 6.07) is 0. The van der Waals surface area contributed by atoms with Crippen molar-refractivity contribution in [3.63, 3.8) is 0 Å². The van der Waals surface area contributed by atoms with Crippen LogP contribution in [0.15, 0.2) is 21.6 Å². The van der Waals surface area contributed by atoms with Crippen molar-refractivity contribution in [1.29, 1.82) is 0 Å². The van der Waals surface area contributed by atoms with Gasteiger partial charge in [0.25, 0.3) is 0 Å². The minimum absolute atomic E-state index is 1.27. The molecule has 0 saturated heterocycles. The second-order valence-electron chi connectivity index (χ2n) is 4.98. The molecular weight excluding hydrogens is 323 g/mol. The summed E-state index contributed by atoms with van der Waals surface area (Å²) in [5.74, 6) is 0. The molecule has 0 bridgehead atoms. The third kappa shape index (κ3) is 1.77. The predicted molar refractivity (Wildman–Crippen MR) is 59.1 cm³/mol. The minimum atomic E-state index is -2.50. The Bertz CT molecular complexity index is 233. The SMILES string of the molecule is C[CH2][Hf]([CH3])([CH2]C)([CH2]C)[C]1=CC=CC1. The first kappa shape index (κ1) is 11.4. The van der Waals surface area contributed by atoms with E-state index in [-0.39, 0.29) is 0 Å². The molecule has 75 valence electrons. The zero-order valence-electron chi connectivity index (χ0n) is 9.56. The summed E-state index contributed by atoms with van der Waals surface area (Å²) >= 11 is -2.50. The molecule has 0 radical (unpaired) electrons. The van der Waals surface area contributed by atoms with Crippen LogP contribution < -0.4 is 0 Å². The number of hydrogen-bond acceptors (Lipinski definition) is 0. The zero-order valence-corrected chi connectivity index (χ0v) is 13.2. The molecule has 0 aromatic rings. The monoisotopic (exact) mass is 347 g/mol. The Hall–Kier alpha value is 0.350. The molecule has 0 aromatic heterocycles. The van der Waals surface area contributed by atoms with Crippen molar-refractivity contribution >= 4 is 0 Å². The summed E-state index contributed by atoms with van der Waals surface area (Å²) in [6.07, 6.45) is 8.28. The van der Waals surface area contributed by atoms with Gasteiger partial charge in [-0.2, -0.15) is 0 Å². The standard InChI is InChI=1S/C5H5.3C2H5.CH3.Hf/c1-2-4-5-3-1;3*1-2;;/h1-3H,4H2;3*1H2,2H3;1H3;. The normalized spacial score (nSPS) is 19.7. The van der Waals surface area contributed by atoms with E-state index in [1.54, 1.807) is 0 Å². The van der Waals surface area contributed by atoms with Crippen molar-refractivity contribution in [2.45, 2.75) is 44.4 Å². The molecule has 0 amide bonds. The first-order chi connectivity index (χ1) is 6.09. The first-order valence-corrected chi connectivity index (χ1v) is 18.7. The average Bonchev–Trinajstić information content (AvgIpc) is 2.71. The molecule has 13 heavy (non-hydrogen) atoms. The van der Waals surface area contributed by atoms with Crippen LogP contribution in [0.3, 0.4) is 0 Å². The van der Waals surface area contributed by atoms with E-state index in [0.717, 1.165) is 0 Å². The molecule has 0 saturated carbocycles. The van der Waals surface area contributed by atoms with Gasteiger partial charge < -0.3 is 0 Å². The second-order valence-corrected chi connectivity index (χ2v) is 33.5. The molecule has 0 nitrogen and oxygen atoms in total. The molecule has 0 aliphatic heterocycles. The third-order valence-electron chi connectivity index (χ3n) is 4.86. The molecule has 0 heterocycles. The van der Waals surface area contributed by atoms with Crippen LogP contribution in [-0.4, -0.2) is 0 Å². The van der Waals surface area contributed by atoms with Crippen molar-refractivity contribution in [2.75, 3.05) is 0 Å². The molecule has 1 aliphatic carbocycles. The topological polar surface area (TPSA) is 0 Å². The van der Waals surface area contributed by atoms with Crippen molar-refractivity contribution in [2.24, 2.45) is 0 Å². The van der Waals surface area contributed by atoms with Crippen molar-refractivity contribution in [1.82, 2.24) is 0 Å². The van der Waals surface area contributed by atoms with Crippen LogP contribution in [0.4, 0.5) is 0 Å². The van der Waals surface area contributed by atoms with E-state index in [2.05, 4.69) is 43.7 Å². The molecule has 1 heteroatoms. The average molecular weight is 346 g/mol. The van der Waals surface area contributed by atoms with Gasteiger partial charge in [-0.15, -0.1) is 0 Å². The molecule has 0 N–H and O–H groups in total. The maximum absolute atomic E-state index is 2.66. The summed E-state index contributed by atoms with van der Waals surface area (Å²) in [5, 5.41) is 0. The van der Waals surface area contributed by atoms with Gasteiger partial charge in [0.1, 0.15) is 0 Å². The van der Waals surface area contributed by atoms with Gasteiger partial charge in [0.05, 0.1) is 0 Å². The zero-order chi connectivity index (χ0) is 9.97. The van der Waals surface area contributed by atoms with E-state index >= 15 is 0 Å². The Labute approximate surface area is 84.2 Å². The van der Waals surface area contributed by atoms with E-state index in [1.807, 2.05) is 3.33 Å². The Morgan fingerprint density at radius 2 is 1.69 bits per heavy atom. The van der Waals surface area contributed by atoms with Gasteiger partial charge in [-0.1, -0.05) is 0 Å². The van der Waals surface area contributed by atoms with E-state index in [4.69, 9.17) is 0 Å². The Balaban J connectivity index is 3.03. The summed E-state index contributed by atoms with van der Waals surface area (Å²) in [6.45, 7) is 7.26. The van der Waals surface area contributed by atoms with Gasteiger partial charge in [0, 0.05) is 0 Å². The molecule has 0 fully saturated rings. The fourth-order valence-corrected chi connectivity index (χ4v) is 17.7. The summed E-state index contributed by atoms with van der Waals surface area (Å²) in [5.41, 5.74) is 0. The molecule has 0 aromatic carbocycles. The Kier molecular flexibility index (Phi) is 3.38. The van der Waals surface area contributed by atoms with E-state index in [9.17, 15) is 0 Å². The quantitative estimate of drug-likeness (QED) is 0.637. The van der Waals surface area contributed by atoms with Gasteiger partial charge >= 0.3 is 84.5 Å². The van der Waals surface area contributed by atoms with E-state index < -0.39 is 18.5 Å². The van der Waals surface area contributed by atoms with Crippen molar-refractivity contribution in [3.8, 4) is 0 Å². The van der Waals surface area contributed by atoms with Gasteiger partial charge in [0.15, 0.2) is 0 Å². The molecular formula is C12H23Hf. The van der Waals surface area contributed by atoms with Crippen LogP contribution in [0.2, 0.25) is 17.2 Å². The van der Waals surface area contributed by atoms with E-state index in [1.165, 1.54) is 19.0 Å². The van der Waals surface area contributed by atoms with Gasteiger partial charge in [-0.05, 0) is 0 Å². The summed E-state index contributed by atoms with van der Waals surface area (Å²) in [4.78, 5) is 0. The van der Waals surface area contributed by atoms with Crippen LogP contribution in [0.25, 0.3) is 0 Å². The van der Waals surface area contributed by atoms with Gasteiger partial charge in [-0.3, -0.25) is 0 Å². The fourth-order valence-electron chi connectivity index (χ4n) is 2.46. The number of allylic oxidation sites excluding steroid dienone is 4. The molecule has 0 unspecified atom stereocenters. The first-order valence-electron chi connectivity index (χ1n) is 5.65. The molecule has 0 spiro atoms. The summed E-state index contributed by atoms with van der Waals surface area (Å²) < 4.78 is 8.92. The van der Waals surface area contributed by atoms with Crippen LogP contribution >= 0.6 is 0 Å². The second kappa shape index (κ2) is 3.84. The number of rotatable bonds is 4. The molecule has 1 aliphatic rings. The Morgan fingerprint density at radius 3 is 2.00 bits per heavy atom. The molecule has 0 atom stereocenters. The van der Waals surface area contributed by atoms with Gasteiger partial charge in [0.2, 0.25) is 0 Å². The predicted octanol–water partition coefficient (Wildman–Crippen LogP) is 4.88. The van der Waals surface area contributed by atoms with Crippen LogP contribution in [0.1, 0.15) is 27.2 Å². The maximum atomic E-state index is 2.66. The van der Waals surface area contributed by atoms with E-state index in [0.29, 0.717) is 0 Å². The third-order valence-corrected chi connectivity index (χ3v) is 35.6. The van der Waals surface area contributed by atoms with Crippen LogP contribution in [0, 0.1) is 0 Å². The fraction of sp³-hybridized carbons (Fsp3) is 0.667. The molecule has 1 rings (SSSR count). The van der Waals surface area contributed by atoms with Crippen LogP contribution in [0.5, 0.6) is 0 Å². The summed E-state index contributed by atoms with van der Waals surface area (Å²) in [7, 11) is 0. The van der Waals surface area contributed by atoms with Crippen LogP contribution in [-0.2, 0) is 18.5 Å². The number of hydrogen-bond donors (Lipinski definition) is 0. The van der Waals surface area contributed by atoms with Crippen molar-refractivity contribution < 1.29 is 18.5 Å².